The highest BCUT2D eigenvalue weighted by Crippen LogP contribution is 2.65. The normalized spacial score (nSPS) is 27.6. The molecule has 0 radical (unpaired) electrons. The zero-order chi connectivity index (χ0) is 31.7. The van der Waals surface area contributed by atoms with E-state index in [0.717, 1.165) is 68.8 Å². The fourth-order valence-corrected chi connectivity index (χ4v) is 10.0. The molecule has 6 nitrogen and oxygen atoms in total. The summed E-state index contributed by atoms with van der Waals surface area (Å²) in [5, 5.41) is 11.3. The van der Waals surface area contributed by atoms with Gasteiger partial charge in [-0.25, -0.2) is 0 Å². The minimum absolute atomic E-state index is 0.0606. The summed E-state index contributed by atoms with van der Waals surface area (Å²) in [6.45, 7) is 5.13. The summed E-state index contributed by atoms with van der Waals surface area (Å²) < 4.78 is 12.8. The molecular formula is C40H56N2O4. The number of amides is 1. The Hall–Kier alpha value is -2.73. The lowest BCUT2D eigenvalue weighted by atomic mass is 9.50. The van der Waals surface area contributed by atoms with E-state index in [4.69, 9.17) is 9.47 Å². The van der Waals surface area contributed by atoms with E-state index < -0.39 is 0 Å². The first kappa shape index (κ1) is 31.8. The standard InChI is InChI=1S/C40H56N2O4/c1-3-42(36(44)18-14-9-7-5-4-6-8-11-15-28-16-12-10-13-17-28)32-22-21-31-33-25-30-34(43)26-35(45-2)38-37(30)40(31,39(32)46-38)23-24-41(33)27-29-19-20-29/h10,12-13,16-17,26,29,31-33,39,43H,3-9,11,14-15,18-25,27H2,1-2H3/t31-,32+,33+,39-,40-/m0/s1. The quantitative estimate of drug-likeness (QED) is 0.192. The van der Waals surface area contributed by atoms with Crippen LogP contribution in [0.2, 0.25) is 0 Å². The van der Waals surface area contributed by atoms with Crippen molar-refractivity contribution in [2.45, 2.75) is 133 Å². The number of aromatic hydroxyl groups is 1. The number of methoxy groups -OCH3 is 1. The first-order valence-corrected chi connectivity index (χ1v) is 18.7. The second kappa shape index (κ2) is 13.8. The molecule has 0 unspecified atom stereocenters. The zero-order valence-corrected chi connectivity index (χ0v) is 28.4. The summed E-state index contributed by atoms with van der Waals surface area (Å²) >= 11 is 0. The van der Waals surface area contributed by atoms with E-state index in [0.29, 0.717) is 29.9 Å². The fourth-order valence-electron chi connectivity index (χ4n) is 10.0. The smallest absolute Gasteiger partial charge is 0.222 e. The Balaban J connectivity index is 0.960. The molecule has 1 N–H and O–H groups in total. The molecule has 2 aliphatic heterocycles. The number of carbonyl (C=O) groups is 1. The largest absolute Gasteiger partial charge is 0.508 e. The Morgan fingerprint density at radius 1 is 1.02 bits per heavy atom. The molecule has 46 heavy (non-hydrogen) atoms. The van der Waals surface area contributed by atoms with Gasteiger partial charge in [-0.05, 0) is 88.7 Å². The van der Waals surface area contributed by atoms with E-state index in [1.807, 2.05) is 0 Å². The van der Waals surface area contributed by atoms with Crippen molar-refractivity contribution in [3.8, 4) is 17.2 Å². The number of hydrogen-bond acceptors (Lipinski definition) is 5. The van der Waals surface area contributed by atoms with Gasteiger partial charge in [0.15, 0.2) is 11.5 Å². The molecule has 1 amide bonds. The van der Waals surface area contributed by atoms with Crippen LogP contribution in [0.4, 0.5) is 0 Å². The molecule has 5 atom stereocenters. The van der Waals surface area contributed by atoms with Gasteiger partial charge in [-0.1, -0.05) is 68.9 Å². The van der Waals surface area contributed by atoms with Crippen LogP contribution in [0.15, 0.2) is 36.4 Å². The number of nitrogens with zero attached hydrogens (tertiary/aromatic N) is 2. The number of hydrogen-bond donors (Lipinski definition) is 1. The Bertz CT molecular complexity index is 1360. The van der Waals surface area contributed by atoms with Crippen LogP contribution in [0.3, 0.4) is 0 Å². The predicted molar refractivity (Wildman–Crippen MR) is 183 cm³/mol. The Morgan fingerprint density at radius 2 is 1.76 bits per heavy atom. The molecule has 0 aromatic heterocycles. The predicted octanol–water partition coefficient (Wildman–Crippen LogP) is 7.82. The second-order valence-electron chi connectivity index (χ2n) is 15.1. The molecule has 5 aliphatic rings. The molecule has 7 rings (SSSR count). The maximum Gasteiger partial charge on any atom is 0.222 e. The molecule has 1 saturated heterocycles. The molecule has 6 heteroatoms. The number of aryl methyl sites for hydroxylation is 1. The third-order valence-corrected chi connectivity index (χ3v) is 12.4. The zero-order valence-electron chi connectivity index (χ0n) is 28.4. The number of unbranched alkanes of at least 4 members (excludes halogenated alkanes) is 7. The van der Waals surface area contributed by atoms with Crippen LogP contribution in [0, 0.1) is 11.8 Å². The molecule has 250 valence electrons. The highest BCUT2D eigenvalue weighted by atomic mass is 16.5. The summed E-state index contributed by atoms with van der Waals surface area (Å²) in [5.41, 5.74) is 3.59. The van der Waals surface area contributed by atoms with Crippen LogP contribution in [-0.2, 0) is 23.1 Å². The van der Waals surface area contributed by atoms with E-state index >= 15 is 0 Å². The van der Waals surface area contributed by atoms with Crippen molar-refractivity contribution in [3.63, 3.8) is 0 Å². The lowest BCUT2D eigenvalue weighted by molar-refractivity contribution is -0.142. The number of phenolic OH excluding ortho intramolecular Hbond substituents is 1. The Kier molecular flexibility index (Phi) is 9.54. The molecular weight excluding hydrogens is 572 g/mol. The highest BCUT2D eigenvalue weighted by molar-refractivity contribution is 5.77. The maximum atomic E-state index is 13.8. The van der Waals surface area contributed by atoms with Gasteiger partial charge >= 0.3 is 0 Å². The summed E-state index contributed by atoms with van der Waals surface area (Å²) in [4.78, 5) is 18.8. The van der Waals surface area contributed by atoms with Gasteiger partial charge in [-0.15, -0.1) is 0 Å². The minimum Gasteiger partial charge on any atom is -0.508 e. The lowest BCUT2D eigenvalue weighted by Gasteiger charge is -2.60. The van der Waals surface area contributed by atoms with E-state index in [2.05, 4.69) is 47.1 Å². The van der Waals surface area contributed by atoms with E-state index in [9.17, 15) is 9.90 Å². The lowest BCUT2D eigenvalue weighted by Crippen LogP contribution is -2.69. The molecule has 2 saturated carbocycles. The number of carbonyl (C=O) groups excluding carboxylic acids is 1. The molecule has 3 aliphatic carbocycles. The van der Waals surface area contributed by atoms with Gasteiger partial charge in [0, 0.05) is 48.2 Å². The molecule has 2 heterocycles. The highest BCUT2D eigenvalue weighted by Gasteiger charge is 2.67. The Morgan fingerprint density at radius 3 is 2.48 bits per heavy atom. The first-order valence-electron chi connectivity index (χ1n) is 18.7. The van der Waals surface area contributed by atoms with Crippen molar-refractivity contribution in [2.75, 3.05) is 26.7 Å². The third kappa shape index (κ3) is 5.93. The third-order valence-electron chi connectivity index (χ3n) is 12.4. The van der Waals surface area contributed by atoms with Gasteiger partial charge in [0.2, 0.25) is 5.91 Å². The number of rotatable bonds is 16. The van der Waals surface area contributed by atoms with Crippen LogP contribution in [0.25, 0.3) is 0 Å². The minimum atomic E-state index is -0.155. The molecule has 2 bridgehead atoms. The van der Waals surface area contributed by atoms with Crippen molar-refractivity contribution in [1.82, 2.24) is 9.80 Å². The summed E-state index contributed by atoms with van der Waals surface area (Å²) in [6, 6.07) is 13.1. The molecule has 2 aromatic rings. The second-order valence-corrected chi connectivity index (χ2v) is 15.1. The van der Waals surface area contributed by atoms with E-state index in [1.165, 1.54) is 75.5 Å². The van der Waals surface area contributed by atoms with Crippen molar-refractivity contribution in [2.24, 2.45) is 11.8 Å². The van der Waals surface area contributed by atoms with Crippen molar-refractivity contribution >= 4 is 5.91 Å². The van der Waals surface area contributed by atoms with Crippen LogP contribution >= 0.6 is 0 Å². The SMILES string of the molecule is CCN(C(=O)CCCCCCCCCCc1ccccc1)[C@@H]1CC[C@H]2[C@H]3Cc4c(O)cc(OC)c5c4[C@@]2(CCN3CC2CC2)[C@H]1O5. The van der Waals surface area contributed by atoms with Crippen LogP contribution in [0.1, 0.15) is 114 Å². The maximum absolute atomic E-state index is 13.8. The van der Waals surface area contributed by atoms with Gasteiger partial charge in [-0.3, -0.25) is 9.69 Å². The van der Waals surface area contributed by atoms with Crippen molar-refractivity contribution in [3.05, 3.63) is 53.1 Å². The van der Waals surface area contributed by atoms with Crippen molar-refractivity contribution < 1.29 is 19.4 Å². The number of piperidine rings is 1. The number of likely N-dealkylation sites (tertiary alicyclic amines) is 1. The number of phenols is 1. The van der Waals surface area contributed by atoms with Crippen LogP contribution in [-0.4, -0.2) is 65.7 Å². The summed E-state index contributed by atoms with van der Waals surface area (Å²) in [6.07, 6.45) is 18.3. The topological polar surface area (TPSA) is 62.2 Å². The van der Waals surface area contributed by atoms with Gasteiger partial charge < -0.3 is 19.5 Å². The van der Waals surface area contributed by atoms with Gasteiger partial charge in [0.1, 0.15) is 11.9 Å². The molecule has 1 spiro atoms. The fraction of sp³-hybridized carbons (Fsp3) is 0.675. The van der Waals surface area contributed by atoms with Crippen LogP contribution in [0.5, 0.6) is 17.2 Å². The van der Waals surface area contributed by atoms with Gasteiger partial charge in [0.25, 0.3) is 0 Å². The average Bonchev–Trinajstić information content (AvgIpc) is 3.83. The molecule has 2 aromatic carbocycles. The summed E-state index contributed by atoms with van der Waals surface area (Å²) in [7, 11) is 1.67. The number of likely N-dealkylation sites (N-methyl/N-ethyl adjacent to an activating group) is 1. The summed E-state index contributed by atoms with van der Waals surface area (Å²) in [5.74, 6) is 3.47. The number of ether oxygens (including phenoxy) is 2. The van der Waals surface area contributed by atoms with E-state index in [-0.39, 0.29) is 23.5 Å². The van der Waals surface area contributed by atoms with E-state index in [1.54, 1.807) is 13.2 Å². The monoisotopic (exact) mass is 628 g/mol. The van der Waals surface area contributed by atoms with Gasteiger partial charge in [-0.2, -0.15) is 0 Å². The Labute approximate surface area is 276 Å². The number of benzene rings is 2. The molecule has 3 fully saturated rings. The average molecular weight is 629 g/mol. The van der Waals surface area contributed by atoms with Crippen LogP contribution < -0.4 is 9.47 Å². The first-order chi connectivity index (χ1) is 22.5. The van der Waals surface area contributed by atoms with Gasteiger partial charge in [0.05, 0.1) is 13.2 Å². The van der Waals surface area contributed by atoms with Crippen molar-refractivity contribution in [1.29, 1.82) is 0 Å².